The van der Waals surface area contributed by atoms with Crippen molar-refractivity contribution in [2.45, 2.75) is 19.9 Å². The zero-order chi connectivity index (χ0) is 19.9. The molecule has 142 valence electrons. The van der Waals surface area contributed by atoms with Crippen molar-refractivity contribution in [2.24, 2.45) is 14.1 Å². The van der Waals surface area contributed by atoms with Crippen molar-refractivity contribution in [1.29, 1.82) is 0 Å². The first-order chi connectivity index (χ1) is 12.8. The Morgan fingerprint density at radius 2 is 1.74 bits per heavy atom. The van der Waals surface area contributed by atoms with Gasteiger partial charge in [0.25, 0.3) is 11.2 Å². The lowest BCUT2D eigenvalue weighted by atomic mass is 10.2. The molecule has 0 fully saturated rings. The van der Waals surface area contributed by atoms with E-state index in [1.807, 2.05) is 13.8 Å². The first kappa shape index (κ1) is 18.4. The van der Waals surface area contributed by atoms with Crippen molar-refractivity contribution in [3.63, 3.8) is 0 Å². The van der Waals surface area contributed by atoms with Gasteiger partial charge in [0, 0.05) is 14.1 Å². The van der Waals surface area contributed by atoms with Gasteiger partial charge in [-0.15, -0.1) is 0 Å². The second kappa shape index (κ2) is 6.75. The third-order valence-corrected chi connectivity index (χ3v) is 4.33. The summed E-state index contributed by atoms with van der Waals surface area (Å²) in [5.41, 5.74) is 0.274. The molecule has 1 N–H and O–H groups in total. The van der Waals surface area contributed by atoms with Crippen LogP contribution in [0, 0.1) is 0 Å². The van der Waals surface area contributed by atoms with Crippen LogP contribution in [0.2, 0.25) is 0 Å². The molecule has 0 atom stereocenters. The van der Waals surface area contributed by atoms with Crippen LogP contribution in [0.1, 0.15) is 30.2 Å². The van der Waals surface area contributed by atoms with Crippen molar-refractivity contribution in [3.8, 4) is 11.8 Å². The lowest BCUT2D eigenvalue weighted by molar-refractivity contribution is -0.695. The Morgan fingerprint density at radius 3 is 2.30 bits per heavy atom. The Morgan fingerprint density at radius 1 is 1.11 bits per heavy atom. The van der Waals surface area contributed by atoms with Crippen LogP contribution in [0.25, 0.3) is 11.2 Å². The van der Waals surface area contributed by atoms with Gasteiger partial charge in [-0.25, -0.2) is 9.59 Å². The van der Waals surface area contributed by atoms with Crippen LogP contribution < -0.4 is 20.6 Å². The van der Waals surface area contributed by atoms with E-state index in [1.54, 1.807) is 35.9 Å². The number of benzene rings is 1. The van der Waals surface area contributed by atoms with Crippen LogP contribution >= 0.6 is 0 Å². The minimum atomic E-state index is -0.442. The molecule has 0 bridgehead atoms. The fraction of sp³-hybridized carbons (Fsp3) is 0.333. The van der Waals surface area contributed by atoms with Crippen LogP contribution in [0.3, 0.4) is 0 Å². The SMILES string of the molecule is COC(=O)c1ccc(Oc2[nH]c3c(c(=O)n(C)c(=O)n3C)[n+]2C(C)C)cc1. The molecule has 2 aromatic heterocycles. The molecule has 0 unspecified atom stereocenters. The number of carbonyl (C=O) groups excluding carboxylic acids is 1. The lowest BCUT2D eigenvalue weighted by Crippen LogP contribution is -2.45. The normalized spacial score (nSPS) is 11.2. The van der Waals surface area contributed by atoms with Crippen molar-refractivity contribution >= 4 is 17.1 Å². The van der Waals surface area contributed by atoms with E-state index in [1.165, 1.54) is 18.7 Å². The summed E-state index contributed by atoms with van der Waals surface area (Å²) in [6, 6.07) is 6.62. The highest BCUT2D eigenvalue weighted by Crippen LogP contribution is 2.21. The number of fused-ring (bicyclic) bond motifs is 1. The van der Waals surface area contributed by atoms with Gasteiger partial charge in [-0.3, -0.25) is 13.9 Å². The van der Waals surface area contributed by atoms with Crippen LogP contribution in [0.4, 0.5) is 0 Å². The molecule has 9 heteroatoms. The number of aromatic amines is 1. The number of hydrogen-bond donors (Lipinski definition) is 1. The van der Waals surface area contributed by atoms with Gasteiger partial charge in [-0.1, -0.05) is 0 Å². The van der Waals surface area contributed by atoms with E-state index in [0.717, 1.165) is 4.57 Å². The van der Waals surface area contributed by atoms with E-state index >= 15 is 0 Å². The molecule has 0 saturated heterocycles. The Hall–Kier alpha value is -3.36. The number of nitrogens with one attached hydrogen (secondary N) is 1. The number of hydrogen-bond acceptors (Lipinski definition) is 5. The van der Waals surface area contributed by atoms with Crippen LogP contribution in [0.5, 0.6) is 11.8 Å². The molecule has 0 amide bonds. The highest BCUT2D eigenvalue weighted by molar-refractivity contribution is 5.89. The largest absolute Gasteiger partial charge is 0.465 e. The quantitative estimate of drug-likeness (QED) is 0.544. The number of esters is 1. The van der Waals surface area contributed by atoms with Gasteiger partial charge in [0.2, 0.25) is 0 Å². The van der Waals surface area contributed by atoms with E-state index in [2.05, 4.69) is 9.72 Å². The molecule has 0 radical (unpaired) electrons. The average Bonchev–Trinajstić information content (AvgIpc) is 3.04. The van der Waals surface area contributed by atoms with Gasteiger partial charge in [-0.05, 0) is 38.1 Å². The maximum absolute atomic E-state index is 12.6. The van der Waals surface area contributed by atoms with Gasteiger partial charge in [0.15, 0.2) is 0 Å². The van der Waals surface area contributed by atoms with E-state index < -0.39 is 17.2 Å². The zero-order valence-electron chi connectivity index (χ0n) is 15.8. The van der Waals surface area contributed by atoms with Crippen molar-refractivity contribution in [1.82, 2.24) is 14.1 Å². The number of ether oxygens (including phenoxy) is 2. The summed E-state index contributed by atoms with van der Waals surface area (Å²) in [5.74, 6) is 0.0216. The number of aromatic nitrogens is 4. The highest BCUT2D eigenvalue weighted by atomic mass is 16.5. The molecule has 9 nitrogen and oxygen atoms in total. The van der Waals surface area contributed by atoms with Gasteiger partial charge < -0.3 is 9.47 Å². The highest BCUT2D eigenvalue weighted by Gasteiger charge is 2.29. The Labute approximate surface area is 154 Å². The lowest BCUT2D eigenvalue weighted by Gasteiger charge is -2.07. The maximum atomic E-state index is 12.6. The molecule has 0 aliphatic carbocycles. The summed E-state index contributed by atoms with van der Waals surface area (Å²) < 4.78 is 14.7. The first-order valence-corrected chi connectivity index (χ1v) is 8.35. The summed E-state index contributed by atoms with van der Waals surface area (Å²) in [6.07, 6.45) is 0. The summed E-state index contributed by atoms with van der Waals surface area (Å²) in [6.45, 7) is 3.82. The minimum absolute atomic E-state index is 0.103. The first-order valence-electron chi connectivity index (χ1n) is 8.35. The summed E-state index contributed by atoms with van der Waals surface area (Å²) >= 11 is 0. The minimum Gasteiger partial charge on any atom is -0.465 e. The summed E-state index contributed by atoms with van der Waals surface area (Å²) in [4.78, 5) is 39.4. The third-order valence-electron chi connectivity index (χ3n) is 4.33. The second-order valence-corrected chi connectivity index (χ2v) is 6.41. The smallest absolute Gasteiger partial charge is 0.462 e. The molecule has 27 heavy (non-hydrogen) atoms. The van der Waals surface area contributed by atoms with Crippen molar-refractivity contribution < 1.29 is 18.8 Å². The molecule has 2 heterocycles. The molecule has 0 aliphatic heterocycles. The van der Waals surface area contributed by atoms with Gasteiger partial charge in [-0.2, -0.15) is 9.55 Å². The number of rotatable bonds is 4. The van der Waals surface area contributed by atoms with Gasteiger partial charge >= 0.3 is 23.2 Å². The summed E-state index contributed by atoms with van der Waals surface area (Å²) in [7, 11) is 4.33. The molecule has 0 aliphatic rings. The number of imidazole rings is 1. The van der Waals surface area contributed by atoms with Crippen LogP contribution in [-0.2, 0) is 18.8 Å². The third kappa shape index (κ3) is 3.01. The van der Waals surface area contributed by atoms with Gasteiger partial charge in [0.05, 0.1) is 18.7 Å². The van der Waals surface area contributed by atoms with Gasteiger partial charge in [0.1, 0.15) is 5.75 Å². The number of nitrogens with zero attached hydrogens (tertiary/aromatic N) is 3. The van der Waals surface area contributed by atoms with E-state index in [0.29, 0.717) is 28.5 Å². The fourth-order valence-corrected chi connectivity index (χ4v) is 2.91. The van der Waals surface area contributed by atoms with Crippen LogP contribution in [0.15, 0.2) is 33.9 Å². The Bertz CT molecular complexity index is 1140. The molecule has 1 aromatic carbocycles. The Kier molecular flexibility index (Phi) is 4.61. The number of carbonyl (C=O) groups is 1. The standard InChI is InChI=1S/C18H20N4O5/c1-10(2)22-13-14(20(3)18(25)21(4)15(13)23)19-17(22)27-12-8-6-11(7-9-12)16(24)26-5/h6-10H,1-5H3/p+1. The van der Waals surface area contributed by atoms with Crippen molar-refractivity contribution in [2.75, 3.05) is 7.11 Å². The Balaban J connectivity index is 2.15. The van der Waals surface area contributed by atoms with Crippen LogP contribution in [-0.4, -0.2) is 27.2 Å². The molecule has 3 rings (SSSR count). The molecular weight excluding hydrogens is 352 g/mol. The van der Waals surface area contributed by atoms with Crippen molar-refractivity contribution in [3.05, 3.63) is 50.7 Å². The number of H-pyrrole nitrogens is 1. The molecular formula is C18H21N4O5+. The van der Waals surface area contributed by atoms with E-state index in [4.69, 9.17) is 4.74 Å². The summed E-state index contributed by atoms with van der Waals surface area (Å²) in [5, 5.41) is 0. The zero-order valence-corrected chi connectivity index (χ0v) is 15.8. The maximum Gasteiger partial charge on any atom is 0.462 e. The average molecular weight is 373 g/mol. The van der Waals surface area contributed by atoms with E-state index in [9.17, 15) is 14.4 Å². The topological polar surface area (TPSA) is 99.2 Å². The second-order valence-electron chi connectivity index (χ2n) is 6.41. The predicted molar refractivity (Wildman–Crippen MR) is 97.2 cm³/mol. The number of methoxy groups -OCH3 is 1. The monoisotopic (exact) mass is 373 g/mol. The molecule has 0 saturated carbocycles. The predicted octanol–water partition coefficient (Wildman–Crippen LogP) is 1.01. The number of aryl methyl sites for hydroxylation is 1. The molecule has 3 aromatic rings. The van der Waals surface area contributed by atoms with E-state index in [-0.39, 0.29) is 6.04 Å². The fourth-order valence-electron chi connectivity index (χ4n) is 2.91. The molecule has 0 spiro atoms.